The van der Waals surface area contributed by atoms with Gasteiger partial charge in [-0.05, 0) is 50.0 Å². The summed E-state index contributed by atoms with van der Waals surface area (Å²) in [5.74, 6) is 0. The first-order valence-electron chi connectivity index (χ1n) is 6.87. The average molecular weight is 248 g/mol. The van der Waals surface area contributed by atoms with E-state index in [1.807, 2.05) is 7.05 Å². The van der Waals surface area contributed by atoms with Crippen molar-refractivity contribution in [3.05, 3.63) is 35.4 Å². The smallest absolute Gasteiger partial charge is 0.0325 e. The van der Waals surface area contributed by atoms with Crippen molar-refractivity contribution in [2.75, 3.05) is 20.6 Å². The van der Waals surface area contributed by atoms with Crippen molar-refractivity contribution in [3.8, 4) is 0 Å². The van der Waals surface area contributed by atoms with E-state index in [4.69, 9.17) is 0 Å². The van der Waals surface area contributed by atoms with Crippen LogP contribution in [0.4, 0.5) is 0 Å². The van der Waals surface area contributed by atoms with Crippen LogP contribution in [0, 0.1) is 5.41 Å². The van der Waals surface area contributed by atoms with Crippen LogP contribution in [0.5, 0.6) is 0 Å². The molecule has 0 fully saturated rings. The van der Waals surface area contributed by atoms with E-state index in [0.717, 1.165) is 19.4 Å². The second-order valence-electron chi connectivity index (χ2n) is 6.16. The van der Waals surface area contributed by atoms with Gasteiger partial charge < -0.3 is 10.6 Å². The maximum atomic E-state index is 3.47. The molecule has 0 bridgehead atoms. The Hall–Kier alpha value is -0.860. The van der Waals surface area contributed by atoms with Gasteiger partial charge in [-0.15, -0.1) is 0 Å². The number of nitrogens with one attached hydrogen (secondary N) is 2. The summed E-state index contributed by atoms with van der Waals surface area (Å²) in [6.07, 6.45) is 2.25. The zero-order valence-electron chi connectivity index (χ0n) is 12.5. The van der Waals surface area contributed by atoms with Gasteiger partial charge in [-0.3, -0.25) is 0 Å². The van der Waals surface area contributed by atoms with Gasteiger partial charge in [0.05, 0.1) is 0 Å². The third-order valence-electron chi connectivity index (χ3n) is 3.24. The van der Waals surface area contributed by atoms with Crippen LogP contribution in [0.15, 0.2) is 24.3 Å². The zero-order chi connectivity index (χ0) is 13.6. The molecule has 0 amide bonds. The van der Waals surface area contributed by atoms with Crippen molar-refractivity contribution in [2.45, 2.75) is 39.7 Å². The van der Waals surface area contributed by atoms with E-state index in [1.54, 1.807) is 0 Å². The first-order valence-corrected chi connectivity index (χ1v) is 6.87. The maximum absolute atomic E-state index is 3.47. The summed E-state index contributed by atoms with van der Waals surface area (Å²) in [5.41, 5.74) is 3.24. The topological polar surface area (TPSA) is 24.1 Å². The Balaban J connectivity index is 2.90. The zero-order valence-corrected chi connectivity index (χ0v) is 12.5. The highest BCUT2D eigenvalue weighted by molar-refractivity contribution is 5.30. The fourth-order valence-electron chi connectivity index (χ4n) is 2.34. The molecule has 1 aromatic rings. The Morgan fingerprint density at radius 1 is 1.11 bits per heavy atom. The molecule has 2 N–H and O–H groups in total. The molecule has 0 spiro atoms. The third-order valence-corrected chi connectivity index (χ3v) is 3.24. The van der Waals surface area contributed by atoms with Gasteiger partial charge >= 0.3 is 0 Å². The minimum atomic E-state index is 0.337. The Morgan fingerprint density at radius 3 is 2.33 bits per heavy atom. The lowest BCUT2D eigenvalue weighted by Gasteiger charge is -2.27. The van der Waals surface area contributed by atoms with Crippen molar-refractivity contribution in [3.63, 3.8) is 0 Å². The van der Waals surface area contributed by atoms with Gasteiger partial charge in [0.25, 0.3) is 0 Å². The van der Waals surface area contributed by atoms with E-state index in [1.165, 1.54) is 11.1 Å². The van der Waals surface area contributed by atoms with Gasteiger partial charge in [0.2, 0.25) is 0 Å². The second-order valence-corrected chi connectivity index (χ2v) is 6.16. The number of rotatable bonds is 6. The van der Waals surface area contributed by atoms with Gasteiger partial charge in [0, 0.05) is 6.04 Å². The average Bonchev–Trinajstić information content (AvgIpc) is 2.33. The SMILES string of the molecule is CNCCc1ccccc1C(CC(C)(C)C)NC. The van der Waals surface area contributed by atoms with Crippen LogP contribution in [0.3, 0.4) is 0 Å². The number of likely N-dealkylation sites (N-methyl/N-ethyl adjacent to an activating group) is 1. The van der Waals surface area contributed by atoms with Gasteiger partial charge in [0.1, 0.15) is 0 Å². The molecule has 1 aromatic carbocycles. The molecule has 0 saturated heterocycles. The van der Waals surface area contributed by atoms with E-state index < -0.39 is 0 Å². The summed E-state index contributed by atoms with van der Waals surface area (Å²) >= 11 is 0. The lowest BCUT2D eigenvalue weighted by Crippen LogP contribution is -2.24. The minimum absolute atomic E-state index is 0.337. The lowest BCUT2D eigenvalue weighted by atomic mass is 9.84. The van der Waals surface area contributed by atoms with Crippen molar-refractivity contribution < 1.29 is 0 Å². The van der Waals surface area contributed by atoms with Gasteiger partial charge in [0.15, 0.2) is 0 Å². The van der Waals surface area contributed by atoms with Crippen LogP contribution in [0.25, 0.3) is 0 Å². The molecule has 0 radical (unpaired) electrons. The van der Waals surface area contributed by atoms with E-state index >= 15 is 0 Å². The number of hydrogen-bond acceptors (Lipinski definition) is 2. The first kappa shape index (κ1) is 15.2. The molecule has 0 aromatic heterocycles. The number of benzene rings is 1. The normalized spacial score (nSPS) is 13.6. The molecule has 0 saturated carbocycles. The molecular weight excluding hydrogens is 220 g/mol. The second kappa shape index (κ2) is 6.91. The maximum Gasteiger partial charge on any atom is 0.0325 e. The summed E-state index contributed by atoms with van der Waals surface area (Å²) in [4.78, 5) is 0. The van der Waals surface area contributed by atoms with Crippen LogP contribution in [0.2, 0.25) is 0 Å². The first-order chi connectivity index (χ1) is 8.48. The summed E-state index contributed by atoms with van der Waals surface area (Å²) in [6.45, 7) is 7.93. The molecule has 1 rings (SSSR count). The molecule has 2 heteroatoms. The molecule has 2 nitrogen and oxygen atoms in total. The van der Waals surface area contributed by atoms with E-state index in [0.29, 0.717) is 11.5 Å². The van der Waals surface area contributed by atoms with E-state index in [2.05, 4.69) is 62.7 Å². The van der Waals surface area contributed by atoms with Crippen molar-refractivity contribution in [2.24, 2.45) is 5.41 Å². The molecule has 1 atom stereocenters. The molecule has 0 aliphatic rings. The fourth-order valence-corrected chi connectivity index (χ4v) is 2.34. The van der Waals surface area contributed by atoms with Crippen LogP contribution in [0.1, 0.15) is 44.4 Å². The molecule has 0 aliphatic heterocycles. The van der Waals surface area contributed by atoms with Crippen LogP contribution < -0.4 is 10.6 Å². The predicted octanol–water partition coefficient (Wildman–Crippen LogP) is 3.15. The number of hydrogen-bond donors (Lipinski definition) is 2. The Morgan fingerprint density at radius 2 is 1.78 bits per heavy atom. The van der Waals surface area contributed by atoms with E-state index in [-0.39, 0.29) is 0 Å². The van der Waals surface area contributed by atoms with Crippen LogP contribution in [-0.2, 0) is 6.42 Å². The molecular formula is C16H28N2. The Kier molecular flexibility index (Phi) is 5.83. The highest BCUT2D eigenvalue weighted by Gasteiger charge is 2.20. The standard InChI is InChI=1S/C16H28N2/c1-16(2,3)12-15(18-5)14-9-7-6-8-13(14)10-11-17-4/h6-9,15,17-18H,10-12H2,1-5H3. The van der Waals surface area contributed by atoms with Gasteiger partial charge in [-0.25, -0.2) is 0 Å². The molecule has 102 valence electrons. The largest absolute Gasteiger partial charge is 0.319 e. The van der Waals surface area contributed by atoms with E-state index in [9.17, 15) is 0 Å². The Labute approximate surface area is 112 Å². The van der Waals surface area contributed by atoms with Gasteiger partial charge in [-0.2, -0.15) is 0 Å². The van der Waals surface area contributed by atoms with Gasteiger partial charge in [-0.1, -0.05) is 45.0 Å². The highest BCUT2D eigenvalue weighted by atomic mass is 14.9. The summed E-state index contributed by atoms with van der Waals surface area (Å²) in [7, 11) is 4.07. The van der Waals surface area contributed by atoms with Crippen LogP contribution in [-0.4, -0.2) is 20.6 Å². The predicted molar refractivity (Wildman–Crippen MR) is 79.9 cm³/mol. The third kappa shape index (κ3) is 4.79. The summed E-state index contributed by atoms with van der Waals surface area (Å²) < 4.78 is 0. The molecule has 1 unspecified atom stereocenters. The minimum Gasteiger partial charge on any atom is -0.319 e. The Bertz CT molecular complexity index is 352. The van der Waals surface area contributed by atoms with Crippen LogP contribution >= 0.6 is 0 Å². The van der Waals surface area contributed by atoms with Crippen molar-refractivity contribution >= 4 is 0 Å². The molecule has 0 aliphatic carbocycles. The summed E-state index contributed by atoms with van der Waals surface area (Å²) in [6, 6.07) is 9.24. The van der Waals surface area contributed by atoms with Crippen molar-refractivity contribution in [1.29, 1.82) is 0 Å². The highest BCUT2D eigenvalue weighted by Crippen LogP contribution is 2.30. The summed E-state index contributed by atoms with van der Waals surface area (Å²) in [5, 5.41) is 6.70. The molecule has 0 heterocycles. The monoisotopic (exact) mass is 248 g/mol. The lowest BCUT2D eigenvalue weighted by molar-refractivity contribution is 0.320. The quantitative estimate of drug-likeness (QED) is 0.808. The van der Waals surface area contributed by atoms with Crippen molar-refractivity contribution in [1.82, 2.24) is 10.6 Å². The fraction of sp³-hybridized carbons (Fsp3) is 0.625. The molecule has 18 heavy (non-hydrogen) atoms.